The molecule has 0 heterocycles. The lowest BCUT2D eigenvalue weighted by atomic mass is 9.70. The van der Waals surface area contributed by atoms with Gasteiger partial charge in [-0.3, -0.25) is 0 Å². The number of carbonyl (C=O) groups is 1. The predicted octanol–water partition coefficient (Wildman–Crippen LogP) is 4.62. The summed E-state index contributed by atoms with van der Waals surface area (Å²) in [5.41, 5.74) is 4.18. The smallest absolute Gasteiger partial charge is 0.405 e. The Morgan fingerprint density at radius 2 is 2.04 bits per heavy atom. The molecule has 5 nitrogen and oxygen atoms in total. The van der Waals surface area contributed by atoms with Crippen LogP contribution in [0.5, 0.6) is 5.75 Å². The average molecular weight is 355 g/mol. The Labute approximate surface area is 153 Å². The van der Waals surface area contributed by atoms with E-state index < -0.39 is 6.09 Å². The Kier molecular flexibility index (Phi) is 5.18. The van der Waals surface area contributed by atoms with Crippen LogP contribution in [0.2, 0.25) is 0 Å². The summed E-state index contributed by atoms with van der Waals surface area (Å²) in [7, 11) is 1.60. The van der Waals surface area contributed by atoms with Crippen LogP contribution in [0.4, 0.5) is 4.79 Å². The summed E-state index contributed by atoms with van der Waals surface area (Å²) in [6, 6.07) is 13.9. The number of rotatable bonds is 5. The predicted molar refractivity (Wildman–Crippen MR) is 100 cm³/mol. The Hall–Kier alpha value is -2.53. The molecule has 1 unspecified atom stereocenters. The number of carboxylic acid groups (broad SMARTS) is 1. The standard InChI is InChI=1S/C21H25NO4/c1-21(2)11-10-15-12-14(8-9-17(15)19(21)22-20(23)24)16-6-4-5-7-18(16)26-13-25-3/h4-9,12,19,22H,10-11,13H2,1-3H3,(H,23,24). The number of fused-ring (bicyclic) bond motifs is 1. The number of amides is 1. The van der Waals surface area contributed by atoms with Gasteiger partial charge >= 0.3 is 6.09 Å². The number of benzene rings is 2. The Morgan fingerprint density at radius 1 is 1.27 bits per heavy atom. The highest BCUT2D eigenvalue weighted by atomic mass is 16.7. The third-order valence-corrected chi connectivity index (χ3v) is 5.07. The second-order valence-electron chi connectivity index (χ2n) is 7.33. The zero-order valence-electron chi connectivity index (χ0n) is 15.4. The molecule has 26 heavy (non-hydrogen) atoms. The van der Waals surface area contributed by atoms with Crippen LogP contribution in [0.1, 0.15) is 37.4 Å². The van der Waals surface area contributed by atoms with E-state index in [4.69, 9.17) is 9.47 Å². The van der Waals surface area contributed by atoms with Gasteiger partial charge in [0.2, 0.25) is 0 Å². The number of hydrogen-bond donors (Lipinski definition) is 2. The Bertz CT molecular complexity index is 800. The van der Waals surface area contributed by atoms with E-state index in [1.165, 1.54) is 5.56 Å². The minimum absolute atomic E-state index is 0.119. The summed E-state index contributed by atoms with van der Waals surface area (Å²) < 4.78 is 10.7. The fraction of sp³-hybridized carbons (Fsp3) is 0.381. The van der Waals surface area contributed by atoms with Crippen LogP contribution < -0.4 is 10.1 Å². The van der Waals surface area contributed by atoms with Crippen molar-refractivity contribution < 1.29 is 19.4 Å². The van der Waals surface area contributed by atoms with Gasteiger partial charge in [0.25, 0.3) is 0 Å². The SMILES string of the molecule is COCOc1ccccc1-c1ccc2c(c1)CCC(C)(C)C2NC(=O)O. The molecule has 2 N–H and O–H groups in total. The molecular weight excluding hydrogens is 330 g/mol. The molecule has 138 valence electrons. The lowest BCUT2D eigenvalue weighted by Crippen LogP contribution is -2.40. The molecule has 0 aliphatic heterocycles. The second-order valence-corrected chi connectivity index (χ2v) is 7.33. The van der Waals surface area contributed by atoms with Gasteiger partial charge in [0.15, 0.2) is 6.79 Å². The van der Waals surface area contributed by atoms with E-state index in [0.29, 0.717) is 0 Å². The molecule has 3 rings (SSSR count). The van der Waals surface area contributed by atoms with Gasteiger partial charge in [-0.25, -0.2) is 4.79 Å². The van der Waals surface area contributed by atoms with E-state index in [0.717, 1.165) is 35.3 Å². The molecule has 0 radical (unpaired) electrons. The van der Waals surface area contributed by atoms with Crippen molar-refractivity contribution in [3.8, 4) is 16.9 Å². The van der Waals surface area contributed by atoms with Crippen molar-refractivity contribution in [1.82, 2.24) is 5.32 Å². The van der Waals surface area contributed by atoms with Crippen LogP contribution in [0.25, 0.3) is 11.1 Å². The third kappa shape index (κ3) is 3.68. The summed E-state index contributed by atoms with van der Waals surface area (Å²) in [5.74, 6) is 0.769. The Morgan fingerprint density at radius 3 is 2.77 bits per heavy atom. The topological polar surface area (TPSA) is 67.8 Å². The van der Waals surface area contributed by atoms with E-state index >= 15 is 0 Å². The molecule has 1 amide bonds. The van der Waals surface area contributed by atoms with E-state index in [9.17, 15) is 9.90 Å². The number of nitrogens with one attached hydrogen (secondary N) is 1. The molecule has 1 atom stereocenters. The van der Waals surface area contributed by atoms with Crippen LogP contribution in [0.15, 0.2) is 42.5 Å². The molecule has 2 aromatic rings. The molecule has 1 aliphatic carbocycles. The first-order valence-corrected chi connectivity index (χ1v) is 8.76. The fourth-order valence-electron chi connectivity index (χ4n) is 3.64. The van der Waals surface area contributed by atoms with Crippen LogP contribution in [-0.2, 0) is 11.2 Å². The second kappa shape index (κ2) is 7.38. The maximum atomic E-state index is 11.3. The van der Waals surface area contributed by atoms with Crippen molar-refractivity contribution in [2.45, 2.75) is 32.7 Å². The van der Waals surface area contributed by atoms with Gasteiger partial charge in [-0.15, -0.1) is 0 Å². The molecule has 1 aliphatic rings. The molecule has 0 bridgehead atoms. The van der Waals surface area contributed by atoms with Crippen LogP contribution in [0.3, 0.4) is 0 Å². The quantitative estimate of drug-likeness (QED) is 0.768. The van der Waals surface area contributed by atoms with Crippen molar-refractivity contribution in [1.29, 1.82) is 0 Å². The van der Waals surface area contributed by atoms with Crippen molar-refractivity contribution in [2.24, 2.45) is 5.41 Å². The van der Waals surface area contributed by atoms with Gasteiger partial charge in [0.1, 0.15) is 5.75 Å². The van der Waals surface area contributed by atoms with Crippen molar-refractivity contribution in [3.63, 3.8) is 0 Å². The summed E-state index contributed by atoms with van der Waals surface area (Å²) in [5, 5.41) is 11.9. The van der Waals surface area contributed by atoms with Crippen molar-refractivity contribution >= 4 is 6.09 Å². The molecule has 0 fully saturated rings. The first-order valence-electron chi connectivity index (χ1n) is 8.76. The molecule has 0 saturated heterocycles. The lowest BCUT2D eigenvalue weighted by molar-refractivity contribution is 0.0515. The highest BCUT2D eigenvalue weighted by Crippen LogP contribution is 2.44. The summed E-state index contributed by atoms with van der Waals surface area (Å²) in [6.45, 7) is 4.41. The number of hydrogen-bond acceptors (Lipinski definition) is 3. The van der Waals surface area contributed by atoms with E-state index in [2.05, 4.69) is 25.2 Å². The number of methoxy groups -OCH3 is 1. The first kappa shape index (κ1) is 18.3. The van der Waals surface area contributed by atoms with Gasteiger partial charge < -0.3 is 19.9 Å². The van der Waals surface area contributed by atoms with Crippen molar-refractivity contribution in [3.05, 3.63) is 53.6 Å². The van der Waals surface area contributed by atoms with Gasteiger partial charge in [-0.1, -0.05) is 50.2 Å². The number of ether oxygens (including phenoxy) is 2. The average Bonchev–Trinajstić information content (AvgIpc) is 2.62. The normalized spacial score (nSPS) is 18.0. The lowest BCUT2D eigenvalue weighted by Gasteiger charge is -2.40. The minimum atomic E-state index is -0.988. The Balaban J connectivity index is 1.99. The van der Waals surface area contributed by atoms with Crippen molar-refractivity contribution in [2.75, 3.05) is 13.9 Å². The monoisotopic (exact) mass is 355 g/mol. The first-order chi connectivity index (χ1) is 12.4. The van der Waals surface area contributed by atoms with Crippen LogP contribution in [-0.4, -0.2) is 25.1 Å². The zero-order chi connectivity index (χ0) is 18.7. The van der Waals surface area contributed by atoms with E-state index in [1.807, 2.05) is 36.4 Å². The molecular formula is C21H25NO4. The largest absolute Gasteiger partial charge is 0.467 e. The molecule has 0 aromatic heterocycles. The van der Waals surface area contributed by atoms with Gasteiger partial charge in [0.05, 0.1) is 6.04 Å². The van der Waals surface area contributed by atoms with E-state index in [1.54, 1.807) is 7.11 Å². The molecule has 0 spiro atoms. The summed E-state index contributed by atoms with van der Waals surface area (Å²) in [4.78, 5) is 11.3. The van der Waals surface area contributed by atoms with Gasteiger partial charge in [0, 0.05) is 12.7 Å². The van der Waals surface area contributed by atoms with Gasteiger partial charge in [-0.05, 0) is 41.0 Å². The number of aryl methyl sites for hydroxylation is 1. The maximum Gasteiger partial charge on any atom is 0.405 e. The zero-order valence-corrected chi connectivity index (χ0v) is 15.4. The highest BCUT2D eigenvalue weighted by Gasteiger charge is 2.37. The molecule has 2 aromatic carbocycles. The fourth-order valence-corrected chi connectivity index (χ4v) is 3.64. The van der Waals surface area contributed by atoms with Gasteiger partial charge in [-0.2, -0.15) is 0 Å². The molecule has 5 heteroatoms. The minimum Gasteiger partial charge on any atom is -0.467 e. The third-order valence-electron chi connectivity index (χ3n) is 5.07. The number of para-hydroxylation sites is 1. The molecule has 0 saturated carbocycles. The highest BCUT2D eigenvalue weighted by molar-refractivity contribution is 5.72. The van der Waals surface area contributed by atoms with Crippen LogP contribution >= 0.6 is 0 Å². The van der Waals surface area contributed by atoms with Crippen LogP contribution in [0, 0.1) is 5.41 Å². The summed E-state index contributed by atoms with van der Waals surface area (Å²) in [6.07, 6.45) is 0.865. The van der Waals surface area contributed by atoms with E-state index in [-0.39, 0.29) is 18.2 Å². The summed E-state index contributed by atoms with van der Waals surface area (Å²) >= 11 is 0. The maximum absolute atomic E-state index is 11.3.